The molecule has 0 saturated carbocycles. The highest BCUT2D eigenvalue weighted by molar-refractivity contribution is 5.98. The van der Waals surface area contributed by atoms with E-state index in [1.54, 1.807) is 32.2 Å². The van der Waals surface area contributed by atoms with Crippen LogP contribution in [0.25, 0.3) is 0 Å². The molecule has 3 rings (SSSR count). The zero-order valence-electron chi connectivity index (χ0n) is 21.4. The van der Waals surface area contributed by atoms with Gasteiger partial charge < -0.3 is 30.3 Å². The predicted octanol–water partition coefficient (Wildman–Crippen LogP) is 1.29. The van der Waals surface area contributed by atoms with Crippen LogP contribution in [0.5, 0.6) is 11.5 Å². The molecule has 0 spiro atoms. The number of ether oxygens (including phenoxy) is 2. The van der Waals surface area contributed by atoms with Crippen molar-refractivity contribution in [3.8, 4) is 11.5 Å². The highest BCUT2D eigenvalue weighted by atomic mass is 16.5. The van der Waals surface area contributed by atoms with Crippen LogP contribution in [-0.2, 0) is 20.8 Å². The van der Waals surface area contributed by atoms with E-state index in [4.69, 9.17) is 9.47 Å². The zero-order chi connectivity index (χ0) is 26.8. The van der Waals surface area contributed by atoms with Gasteiger partial charge in [0.05, 0.1) is 13.7 Å². The van der Waals surface area contributed by atoms with Gasteiger partial charge in [-0.05, 0) is 37.1 Å². The van der Waals surface area contributed by atoms with Gasteiger partial charge in [-0.3, -0.25) is 19.2 Å². The van der Waals surface area contributed by atoms with E-state index >= 15 is 0 Å². The maximum atomic E-state index is 13.1. The van der Waals surface area contributed by atoms with Gasteiger partial charge in [-0.25, -0.2) is 0 Å². The van der Waals surface area contributed by atoms with E-state index in [0.29, 0.717) is 30.0 Å². The first-order valence-corrected chi connectivity index (χ1v) is 12.3. The highest BCUT2D eigenvalue weighted by Crippen LogP contribution is 2.28. The van der Waals surface area contributed by atoms with Gasteiger partial charge in [-0.1, -0.05) is 30.3 Å². The molecule has 1 aliphatic rings. The molecule has 2 bridgehead atoms. The van der Waals surface area contributed by atoms with Crippen molar-refractivity contribution >= 4 is 23.6 Å². The number of nitrogens with one attached hydrogen (secondary N) is 3. The summed E-state index contributed by atoms with van der Waals surface area (Å²) in [6.45, 7) is 2.33. The number of carbonyl (C=O) groups excluding carboxylic acids is 4. The molecule has 0 aromatic heterocycles. The Labute approximate surface area is 216 Å². The molecule has 0 unspecified atom stereocenters. The number of hydrogen-bond donors (Lipinski definition) is 3. The standard InChI is InChI=1S/C27H34N4O6/c1-18-25(33)28-13-7-15-37-23-17-20(10-11-22(23)36-3)26(34)30-21(16-19-8-5-4-6-9-19)27(35)29-14-12-24(32)31(18)2/h4-6,8-11,17-18,21H,7,12-16H2,1-3H3,(H,28,33)(H,29,35)(H,30,34)/t18-,21-/m0/s1. The average molecular weight is 511 g/mol. The minimum Gasteiger partial charge on any atom is -0.493 e. The molecule has 2 atom stereocenters. The lowest BCUT2D eigenvalue weighted by atomic mass is 10.0. The average Bonchev–Trinajstić information content (AvgIpc) is 2.91. The molecule has 1 heterocycles. The molecule has 37 heavy (non-hydrogen) atoms. The van der Waals surface area contributed by atoms with Crippen molar-refractivity contribution in [3.05, 3.63) is 59.7 Å². The lowest BCUT2D eigenvalue weighted by Gasteiger charge is -2.24. The Balaban J connectivity index is 1.85. The van der Waals surface area contributed by atoms with Crippen molar-refractivity contribution in [2.24, 2.45) is 0 Å². The van der Waals surface area contributed by atoms with Gasteiger partial charge in [0.1, 0.15) is 12.1 Å². The minimum atomic E-state index is -0.874. The first-order chi connectivity index (χ1) is 17.8. The van der Waals surface area contributed by atoms with E-state index in [1.807, 2.05) is 30.3 Å². The van der Waals surface area contributed by atoms with Crippen LogP contribution in [0.4, 0.5) is 0 Å². The predicted molar refractivity (Wildman–Crippen MR) is 137 cm³/mol. The monoisotopic (exact) mass is 510 g/mol. The second-order valence-corrected chi connectivity index (χ2v) is 8.80. The minimum absolute atomic E-state index is 0.0154. The van der Waals surface area contributed by atoms with Crippen LogP contribution in [0, 0.1) is 0 Å². The number of likely N-dealkylation sites (N-methyl/N-ethyl adjacent to an activating group) is 1. The van der Waals surface area contributed by atoms with Gasteiger partial charge in [0.25, 0.3) is 5.91 Å². The zero-order valence-corrected chi connectivity index (χ0v) is 21.4. The second kappa shape index (κ2) is 13.3. The summed E-state index contributed by atoms with van der Waals surface area (Å²) in [5.74, 6) is -0.591. The number of fused-ring (bicyclic) bond motifs is 2. The molecular formula is C27H34N4O6. The van der Waals surface area contributed by atoms with Gasteiger partial charge in [-0.15, -0.1) is 0 Å². The maximum Gasteiger partial charge on any atom is 0.252 e. The Bertz CT molecular complexity index is 1110. The van der Waals surface area contributed by atoms with Crippen LogP contribution in [0.2, 0.25) is 0 Å². The molecule has 2 aromatic rings. The first-order valence-electron chi connectivity index (χ1n) is 12.3. The van der Waals surface area contributed by atoms with Gasteiger partial charge in [0, 0.05) is 38.5 Å². The van der Waals surface area contributed by atoms with Crippen molar-refractivity contribution < 1.29 is 28.7 Å². The third kappa shape index (κ3) is 7.70. The number of nitrogens with zero attached hydrogens (tertiary/aromatic N) is 1. The molecule has 0 radical (unpaired) electrons. The van der Waals surface area contributed by atoms with E-state index in [0.717, 1.165) is 5.56 Å². The van der Waals surface area contributed by atoms with E-state index < -0.39 is 23.9 Å². The Kier molecular flexibility index (Phi) is 9.88. The van der Waals surface area contributed by atoms with Crippen LogP contribution in [0.1, 0.15) is 35.7 Å². The fourth-order valence-corrected chi connectivity index (χ4v) is 3.83. The Morgan fingerprint density at radius 2 is 1.73 bits per heavy atom. The molecule has 3 N–H and O–H groups in total. The molecule has 198 valence electrons. The summed E-state index contributed by atoms with van der Waals surface area (Å²) < 4.78 is 11.2. The fourth-order valence-electron chi connectivity index (χ4n) is 3.83. The van der Waals surface area contributed by atoms with Crippen molar-refractivity contribution in [3.63, 3.8) is 0 Å². The van der Waals surface area contributed by atoms with Gasteiger partial charge in [-0.2, -0.15) is 0 Å². The smallest absolute Gasteiger partial charge is 0.252 e. The molecule has 2 aromatic carbocycles. The van der Waals surface area contributed by atoms with E-state index in [-0.39, 0.29) is 37.8 Å². The van der Waals surface area contributed by atoms with Gasteiger partial charge in [0.2, 0.25) is 17.7 Å². The van der Waals surface area contributed by atoms with E-state index in [2.05, 4.69) is 16.0 Å². The summed E-state index contributed by atoms with van der Waals surface area (Å²) in [5.41, 5.74) is 1.18. The quantitative estimate of drug-likeness (QED) is 0.571. The molecule has 4 amide bonds. The summed E-state index contributed by atoms with van der Waals surface area (Å²) in [6, 6.07) is 12.6. The van der Waals surface area contributed by atoms with Crippen molar-refractivity contribution in [2.45, 2.75) is 38.3 Å². The lowest BCUT2D eigenvalue weighted by Crippen LogP contribution is -2.49. The first kappa shape index (κ1) is 27.5. The number of hydrogen-bond acceptors (Lipinski definition) is 6. The van der Waals surface area contributed by atoms with E-state index in [1.165, 1.54) is 12.0 Å². The summed E-state index contributed by atoms with van der Waals surface area (Å²) >= 11 is 0. The summed E-state index contributed by atoms with van der Waals surface area (Å²) in [5, 5.41) is 8.35. The lowest BCUT2D eigenvalue weighted by molar-refractivity contribution is -0.138. The molecule has 0 fully saturated rings. The number of carbonyl (C=O) groups is 4. The van der Waals surface area contributed by atoms with Crippen molar-refractivity contribution in [1.82, 2.24) is 20.9 Å². The maximum absolute atomic E-state index is 13.1. The third-order valence-electron chi connectivity index (χ3n) is 6.20. The van der Waals surface area contributed by atoms with Crippen LogP contribution < -0.4 is 25.4 Å². The molecular weight excluding hydrogens is 476 g/mol. The largest absolute Gasteiger partial charge is 0.493 e. The topological polar surface area (TPSA) is 126 Å². The number of benzene rings is 2. The van der Waals surface area contributed by atoms with Crippen molar-refractivity contribution in [2.75, 3.05) is 33.9 Å². The normalized spacial score (nSPS) is 20.4. The number of rotatable bonds is 3. The van der Waals surface area contributed by atoms with Gasteiger partial charge in [0.15, 0.2) is 11.5 Å². The SMILES string of the molecule is COc1ccc2cc1OCCCNC(=O)[C@H](C)N(C)C(=O)CCNC(=O)[C@H](Cc1ccccc1)NC2=O. The summed E-state index contributed by atoms with van der Waals surface area (Å²) in [7, 11) is 3.06. The third-order valence-corrected chi connectivity index (χ3v) is 6.20. The molecule has 0 aliphatic carbocycles. The molecule has 10 heteroatoms. The van der Waals surface area contributed by atoms with E-state index in [9.17, 15) is 19.2 Å². The van der Waals surface area contributed by atoms with Gasteiger partial charge >= 0.3 is 0 Å². The fraction of sp³-hybridized carbons (Fsp3) is 0.407. The summed E-state index contributed by atoms with van der Waals surface area (Å²) in [4.78, 5) is 52.6. The van der Waals surface area contributed by atoms with Crippen LogP contribution in [0.3, 0.4) is 0 Å². The Morgan fingerprint density at radius 1 is 1.00 bits per heavy atom. The summed E-state index contributed by atoms with van der Waals surface area (Å²) in [6.07, 6.45) is 0.789. The van der Waals surface area contributed by atoms with Crippen LogP contribution in [-0.4, -0.2) is 74.5 Å². The Hall–Kier alpha value is -4.08. The van der Waals surface area contributed by atoms with Crippen LogP contribution in [0.15, 0.2) is 48.5 Å². The Morgan fingerprint density at radius 3 is 2.46 bits per heavy atom. The molecule has 10 nitrogen and oxygen atoms in total. The highest BCUT2D eigenvalue weighted by Gasteiger charge is 2.25. The number of amides is 4. The van der Waals surface area contributed by atoms with Crippen LogP contribution >= 0.6 is 0 Å². The number of methoxy groups -OCH3 is 1. The molecule has 1 aliphatic heterocycles. The second-order valence-electron chi connectivity index (χ2n) is 8.80. The van der Waals surface area contributed by atoms with Crippen molar-refractivity contribution in [1.29, 1.82) is 0 Å². The molecule has 0 saturated heterocycles.